The number of benzene rings is 1. The van der Waals surface area contributed by atoms with Gasteiger partial charge in [-0.05, 0) is 31.7 Å². The van der Waals surface area contributed by atoms with Crippen LogP contribution in [0.4, 0.5) is 0 Å². The summed E-state index contributed by atoms with van der Waals surface area (Å²) in [5, 5.41) is 4.04. The molecule has 108 valence electrons. The first-order chi connectivity index (χ1) is 9.15. The zero-order chi connectivity index (χ0) is 14.3. The Labute approximate surface area is 121 Å². The van der Waals surface area contributed by atoms with Crippen molar-refractivity contribution in [2.75, 3.05) is 27.0 Å². The van der Waals surface area contributed by atoms with Gasteiger partial charge in [0.2, 0.25) is 0 Å². The number of ether oxygens (including phenoxy) is 2. The third kappa shape index (κ3) is 4.62. The van der Waals surface area contributed by atoms with Crippen molar-refractivity contribution in [1.29, 1.82) is 0 Å². The fourth-order valence-electron chi connectivity index (χ4n) is 1.82. The molecule has 0 aromatic heterocycles. The van der Waals surface area contributed by atoms with E-state index < -0.39 is 0 Å². The smallest absolute Gasteiger partial charge is 0.123 e. The average molecular weight is 283 g/mol. The van der Waals surface area contributed by atoms with Crippen molar-refractivity contribution in [1.82, 2.24) is 5.32 Å². The lowest BCUT2D eigenvalue weighted by atomic mass is 10.1. The van der Waals surface area contributed by atoms with Gasteiger partial charge in [0, 0.05) is 22.6 Å². The lowest BCUT2D eigenvalue weighted by molar-refractivity contribution is 0.394. The van der Waals surface area contributed by atoms with Crippen molar-refractivity contribution in [3.8, 4) is 11.5 Å². The first-order valence-electron chi connectivity index (χ1n) is 6.67. The molecule has 19 heavy (non-hydrogen) atoms. The van der Waals surface area contributed by atoms with E-state index in [4.69, 9.17) is 9.47 Å². The summed E-state index contributed by atoms with van der Waals surface area (Å²) >= 11 is 1.98. The zero-order valence-corrected chi connectivity index (χ0v) is 13.3. The van der Waals surface area contributed by atoms with Gasteiger partial charge in [-0.1, -0.05) is 13.8 Å². The Morgan fingerprint density at radius 3 is 2.53 bits per heavy atom. The number of thioether (sulfide) groups is 1. The van der Waals surface area contributed by atoms with E-state index in [-0.39, 0.29) is 6.04 Å². The van der Waals surface area contributed by atoms with E-state index in [9.17, 15) is 0 Å². The van der Waals surface area contributed by atoms with Gasteiger partial charge in [-0.2, -0.15) is 11.8 Å². The number of rotatable bonds is 8. The Kier molecular flexibility index (Phi) is 7.10. The number of hydrogen-bond acceptors (Lipinski definition) is 4. The minimum absolute atomic E-state index is 0.268. The minimum Gasteiger partial charge on any atom is -0.497 e. The van der Waals surface area contributed by atoms with Crippen molar-refractivity contribution >= 4 is 11.8 Å². The molecule has 0 aliphatic carbocycles. The molecule has 1 N–H and O–H groups in total. The molecule has 3 nitrogen and oxygen atoms in total. The molecule has 0 radical (unpaired) electrons. The average Bonchev–Trinajstić information content (AvgIpc) is 2.47. The zero-order valence-electron chi connectivity index (χ0n) is 12.5. The summed E-state index contributed by atoms with van der Waals surface area (Å²) in [5.41, 5.74) is 1.15. The van der Waals surface area contributed by atoms with Gasteiger partial charge in [0.05, 0.1) is 14.2 Å². The predicted molar refractivity (Wildman–Crippen MR) is 83.6 cm³/mol. The van der Waals surface area contributed by atoms with Crippen LogP contribution in [0.2, 0.25) is 0 Å². The number of hydrogen-bond donors (Lipinski definition) is 1. The van der Waals surface area contributed by atoms with E-state index in [0.717, 1.165) is 22.8 Å². The SMILES string of the molecule is CCC(C)SCC(NC)c1cc(OC)ccc1OC. The van der Waals surface area contributed by atoms with Crippen molar-refractivity contribution in [2.24, 2.45) is 0 Å². The Morgan fingerprint density at radius 2 is 2.00 bits per heavy atom. The maximum Gasteiger partial charge on any atom is 0.123 e. The van der Waals surface area contributed by atoms with E-state index in [1.165, 1.54) is 6.42 Å². The third-order valence-electron chi connectivity index (χ3n) is 3.28. The molecule has 0 heterocycles. The summed E-state index contributed by atoms with van der Waals surface area (Å²) in [7, 11) is 5.38. The fraction of sp³-hybridized carbons (Fsp3) is 0.600. The molecule has 1 rings (SSSR count). The second kappa shape index (κ2) is 8.33. The molecule has 0 saturated heterocycles. The summed E-state index contributed by atoms with van der Waals surface area (Å²) in [6.07, 6.45) is 1.19. The maximum absolute atomic E-state index is 5.46. The number of nitrogens with one attached hydrogen (secondary N) is 1. The second-order valence-corrected chi connectivity index (χ2v) is 5.97. The number of methoxy groups -OCH3 is 2. The van der Waals surface area contributed by atoms with E-state index in [1.54, 1.807) is 14.2 Å². The highest BCUT2D eigenvalue weighted by Gasteiger charge is 2.16. The van der Waals surface area contributed by atoms with Gasteiger partial charge in [-0.3, -0.25) is 0 Å². The molecule has 0 saturated carbocycles. The fourth-order valence-corrected chi connectivity index (χ4v) is 2.92. The van der Waals surface area contributed by atoms with Crippen LogP contribution in [0.1, 0.15) is 31.9 Å². The van der Waals surface area contributed by atoms with Gasteiger partial charge in [0.25, 0.3) is 0 Å². The van der Waals surface area contributed by atoms with Crippen LogP contribution >= 0.6 is 11.8 Å². The molecule has 1 aromatic rings. The second-order valence-electron chi connectivity index (χ2n) is 4.50. The minimum atomic E-state index is 0.268. The molecule has 4 heteroatoms. The van der Waals surface area contributed by atoms with Crippen molar-refractivity contribution in [2.45, 2.75) is 31.6 Å². The van der Waals surface area contributed by atoms with Gasteiger partial charge in [0.1, 0.15) is 11.5 Å². The molecule has 1 aromatic carbocycles. The molecule has 0 aliphatic heterocycles. The standard InChI is InChI=1S/C15H25NO2S/c1-6-11(2)19-10-14(16-3)13-9-12(17-4)7-8-15(13)18-5/h7-9,11,14,16H,6,10H2,1-5H3. The van der Waals surface area contributed by atoms with E-state index in [0.29, 0.717) is 5.25 Å². The normalized spacial score (nSPS) is 13.9. The van der Waals surface area contributed by atoms with Crippen molar-refractivity contribution in [3.05, 3.63) is 23.8 Å². The Hall–Kier alpha value is -0.870. The van der Waals surface area contributed by atoms with Crippen LogP contribution < -0.4 is 14.8 Å². The molecule has 0 spiro atoms. The van der Waals surface area contributed by atoms with Crippen LogP contribution in [-0.2, 0) is 0 Å². The molecule has 0 amide bonds. The topological polar surface area (TPSA) is 30.5 Å². The van der Waals surface area contributed by atoms with Crippen LogP contribution in [0.3, 0.4) is 0 Å². The monoisotopic (exact) mass is 283 g/mol. The molecular formula is C15H25NO2S. The van der Waals surface area contributed by atoms with Gasteiger partial charge >= 0.3 is 0 Å². The van der Waals surface area contributed by atoms with E-state index in [2.05, 4.69) is 25.2 Å². The molecule has 0 aliphatic rings. The third-order valence-corrected chi connectivity index (χ3v) is 4.71. The molecule has 0 fully saturated rings. The maximum atomic E-state index is 5.46. The molecule has 2 unspecified atom stereocenters. The molecule has 2 atom stereocenters. The van der Waals surface area contributed by atoms with Crippen LogP contribution in [0, 0.1) is 0 Å². The largest absolute Gasteiger partial charge is 0.497 e. The Balaban J connectivity index is 2.89. The summed E-state index contributed by atoms with van der Waals surface area (Å²) in [6, 6.07) is 6.21. The highest BCUT2D eigenvalue weighted by Crippen LogP contribution is 2.32. The van der Waals surface area contributed by atoms with Crippen molar-refractivity contribution in [3.63, 3.8) is 0 Å². The first-order valence-corrected chi connectivity index (χ1v) is 7.71. The highest BCUT2D eigenvalue weighted by molar-refractivity contribution is 7.99. The molecule has 0 bridgehead atoms. The van der Waals surface area contributed by atoms with Gasteiger partial charge in [0.15, 0.2) is 0 Å². The van der Waals surface area contributed by atoms with Gasteiger partial charge in [-0.15, -0.1) is 0 Å². The summed E-state index contributed by atoms with van der Waals surface area (Å²) in [4.78, 5) is 0. The summed E-state index contributed by atoms with van der Waals surface area (Å²) < 4.78 is 10.8. The van der Waals surface area contributed by atoms with E-state index >= 15 is 0 Å². The predicted octanol–water partition coefficient (Wildman–Crippen LogP) is 3.50. The van der Waals surface area contributed by atoms with Crippen LogP contribution in [0.15, 0.2) is 18.2 Å². The Bertz CT molecular complexity index is 384. The van der Waals surface area contributed by atoms with Gasteiger partial charge < -0.3 is 14.8 Å². The first kappa shape index (κ1) is 16.2. The Morgan fingerprint density at radius 1 is 1.26 bits per heavy atom. The lowest BCUT2D eigenvalue weighted by Gasteiger charge is -2.21. The van der Waals surface area contributed by atoms with Crippen LogP contribution in [0.25, 0.3) is 0 Å². The highest BCUT2D eigenvalue weighted by atomic mass is 32.2. The van der Waals surface area contributed by atoms with Crippen LogP contribution in [-0.4, -0.2) is 32.3 Å². The summed E-state index contributed by atoms with van der Waals surface area (Å²) in [5.74, 6) is 2.80. The van der Waals surface area contributed by atoms with Gasteiger partial charge in [-0.25, -0.2) is 0 Å². The van der Waals surface area contributed by atoms with E-state index in [1.807, 2.05) is 30.9 Å². The van der Waals surface area contributed by atoms with Crippen LogP contribution in [0.5, 0.6) is 11.5 Å². The molecular weight excluding hydrogens is 258 g/mol. The lowest BCUT2D eigenvalue weighted by Crippen LogP contribution is -2.20. The van der Waals surface area contributed by atoms with Crippen molar-refractivity contribution < 1.29 is 9.47 Å². The quantitative estimate of drug-likeness (QED) is 0.791. The summed E-state index contributed by atoms with van der Waals surface area (Å²) in [6.45, 7) is 4.48.